The van der Waals surface area contributed by atoms with Crippen LogP contribution in [0.25, 0.3) is 0 Å². The Labute approximate surface area is 167 Å². The molecule has 0 spiro atoms. The van der Waals surface area contributed by atoms with E-state index in [9.17, 15) is 0 Å². The van der Waals surface area contributed by atoms with E-state index in [-0.39, 0.29) is 12.0 Å². The SMILES string of the molecule is CC1OCCC1c1cn(N2CN=C3c4ccccc4N4CN(Cl)C=C4N32)nn1. The summed E-state index contributed by atoms with van der Waals surface area (Å²) in [4.78, 5) is 8.73. The van der Waals surface area contributed by atoms with Gasteiger partial charge in [-0.25, -0.2) is 4.99 Å². The molecule has 144 valence electrons. The zero-order valence-electron chi connectivity index (χ0n) is 15.3. The van der Waals surface area contributed by atoms with Crippen LogP contribution in [0.3, 0.4) is 0 Å². The maximum atomic E-state index is 6.33. The van der Waals surface area contributed by atoms with Crippen molar-refractivity contribution in [1.82, 2.24) is 24.5 Å². The summed E-state index contributed by atoms with van der Waals surface area (Å²) < 4.78 is 7.34. The van der Waals surface area contributed by atoms with Crippen LogP contribution in [0.5, 0.6) is 0 Å². The fourth-order valence-corrected chi connectivity index (χ4v) is 4.53. The highest BCUT2D eigenvalue weighted by Crippen LogP contribution is 2.39. The van der Waals surface area contributed by atoms with Crippen molar-refractivity contribution in [3.05, 3.63) is 53.7 Å². The second kappa shape index (κ2) is 5.86. The smallest absolute Gasteiger partial charge is 0.162 e. The predicted octanol–water partition coefficient (Wildman–Crippen LogP) is 1.79. The number of aliphatic imine (C=N–C) groups is 1. The fraction of sp³-hybridized carbons (Fsp3) is 0.389. The molecule has 1 fully saturated rings. The molecule has 4 aliphatic heterocycles. The van der Waals surface area contributed by atoms with Crippen LogP contribution in [0.15, 0.2) is 47.5 Å². The van der Waals surface area contributed by atoms with E-state index < -0.39 is 0 Å². The van der Waals surface area contributed by atoms with Gasteiger partial charge in [-0.05, 0) is 30.7 Å². The molecule has 0 radical (unpaired) electrons. The highest BCUT2D eigenvalue weighted by atomic mass is 35.5. The zero-order chi connectivity index (χ0) is 18.8. The minimum Gasteiger partial charge on any atom is -0.378 e. The highest BCUT2D eigenvalue weighted by molar-refractivity contribution is 6.15. The topological polar surface area (TPSA) is 65.3 Å². The maximum absolute atomic E-state index is 6.33. The minimum absolute atomic E-state index is 0.162. The maximum Gasteiger partial charge on any atom is 0.162 e. The Bertz CT molecular complexity index is 1000. The van der Waals surface area contributed by atoms with Crippen molar-refractivity contribution in [3.63, 3.8) is 0 Å². The summed E-state index contributed by atoms with van der Waals surface area (Å²) in [5, 5.41) is 12.8. The number of hydrogen-bond donors (Lipinski definition) is 0. The molecule has 2 atom stereocenters. The van der Waals surface area contributed by atoms with Crippen molar-refractivity contribution in [3.8, 4) is 0 Å². The molecule has 9 nitrogen and oxygen atoms in total. The van der Waals surface area contributed by atoms with Crippen LogP contribution in [0, 0.1) is 0 Å². The van der Waals surface area contributed by atoms with Gasteiger partial charge in [0.2, 0.25) is 0 Å². The number of rotatable bonds is 2. The second-order valence-corrected chi connectivity index (χ2v) is 7.75. The molecule has 1 aromatic heterocycles. The predicted molar refractivity (Wildman–Crippen MR) is 104 cm³/mol. The molecule has 5 heterocycles. The van der Waals surface area contributed by atoms with Crippen LogP contribution in [-0.4, -0.2) is 56.4 Å². The van der Waals surface area contributed by atoms with Gasteiger partial charge in [0.05, 0.1) is 29.9 Å². The third-order valence-electron chi connectivity index (χ3n) is 5.73. The minimum atomic E-state index is 0.162. The first-order valence-electron chi connectivity index (χ1n) is 9.38. The van der Waals surface area contributed by atoms with Crippen LogP contribution < -0.4 is 10.0 Å². The van der Waals surface area contributed by atoms with Gasteiger partial charge < -0.3 is 9.64 Å². The first-order valence-corrected chi connectivity index (χ1v) is 9.72. The highest BCUT2D eigenvalue weighted by Gasteiger charge is 2.43. The first kappa shape index (κ1) is 16.2. The van der Waals surface area contributed by atoms with Gasteiger partial charge in [0.25, 0.3) is 0 Å². The lowest BCUT2D eigenvalue weighted by Gasteiger charge is -2.39. The molecule has 1 aromatic carbocycles. The van der Waals surface area contributed by atoms with E-state index in [1.165, 1.54) is 0 Å². The molecule has 0 amide bonds. The summed E-state index contributed by atoms with van der Waals surface area (Å²) in [6.07, 6.45) is 5.03. The molecular formula is C18H19ClN8O. The van der Waals surface area contributed by atoms with Crippen molar-refractivity contribution in [2.45, 2.75) is 25.4 Å². The normalized spacial score (nSPS) is 25.6. The van der Waals surface area contributed by atoms with Gasteiger partial charge in [-0.15, -0.1) is 9.89 Å². The van der Waals surface area contributed by atoms with Crippen molar-refractivity contribution in [1.29, 1.82) is 0 Å². The monoisotopic (exact) mass is 398 g/mol. The van der Waals surface area contributed by atoms with E-state index in [4.69, 9.17) is 21.5 Å². The number of benzene rings is 1. The summed E-state index contributed by atoms with van der Waals surface area (Å²) >= 11 is 6.33. The van der Waals surface area contributed by atoms with Gasteiger partial charge in [0, 0.05) is 29.9 Å². The molecular weight excluding hydrogens is 380 g/mol. The van der Waals surface area contributed by atoms with Crippen molar-refractivity contribution in [2.75, 3.05) is 30.0 Å². The third-order valence-corrected chi connectivity index (χ3v) is 5.94. The molecule has 0 bridgehead atoms. The molecule has 1 saturated heterocycles. The van der Waals surface area contributed by atoms with Gasteiger partial charge in [-0.3, -0.25) is 4.42 Å². The number of hydrogen-bond acceptors (Lipinski definition) is 8. The molecule has 0 N–H and O–H groups in total. The number of nitrogens with zero attached hydrogens (tertiary/aromatic N) is 8. The molecule has 6 rings (SSSR count). The van der Waals surface area contributed by atoms with E-state index >= 15 is 0 Å². The number of hydrazine groups is 1. The molecule has 28 heavy (non-hydrogen) atoms. The summed E-state index contributed by atoms with van der Waals surface area (Å²) in [6, 6.07) is 8.24. The number of ether oxygens (including phenoxy) is 1. The average molecular weight is 399 g/mol. The van der Waals surface area contributed by atoms with Gasteiger partial charge >= 0.3 is 0 Å². The van der Waals surface area contributed by atoms with Gasteiger partial charge in [-0.2, -0.15) is 10.1 Å². The quantitative estimate of drug-likeness (QED) is 0.714. The second-order valence-electron chi connectivity index (χ2n) is 7.32. The summed E-state index contributed by atoms with van der Waals surface area (Å²) in [7, 11) is 0. The Morgan fingerprint density at radius 1 is 1.25 bits per heavy atom. The Balaban J connectivity index is 1.39. The van der Waals surface area contributed by atoms with E-state index in [1.807, 2.05) is 29.6 Å². The Morgan fingerprint density at radius 3 is 3.00 bits per heavy atom. The Kier molecular flexibility index (Phi) is 3.39. The number of aromatic nitrogens is 3. The zero-order valence-corrected chi connectivity index (χ0v) is 16.1. The lowest BCUT2D eigenvalue weighted by Crippen LogP contribution is -2.53. The van der Waals surface area contributed by atoms with Crippen LogP contribution >= 0.6 is 11.8 Å². The van der Waals surface area contributed by atoms with Crippen LogP contribution in [0.2, 0.25) is 0 Å². The lowest BCUT2D eigenvalue weighted by molar-refractivity contribution is 0.118. The summed E-state index contributed by atoms with van der Waals surface area (Å²) in [6.45, 7) is 3.89. The molecule has 0 saturated carbocycles. The van der Waals surface area contributed by atoms with Crippen molar-refractivity contribution < 1.29 is 4.74 Å². The lowest BCUT2D eigenvalue weighted by atomic mass is 10.00. The van der Waals surface area contributed by atoms with Crippen LogP contribution in [0.1, 0.15) is 30.5 Å². The standard InChI is InChI=1S/C18H19ClN8O/c1-12-13(6-7-28-12)15-8-25(22-21-15)26-10-20-18-14-4-2-3-5-16(14)24-11-23(19)9-17(24)27(18)26/h2-5,8-9,12-13H,6-7,10-11H2,1H3. The number of para-hydroxylation sites is 1. The largest absolute Gasteiger partial charge is 0.378 e. The molecule has 2 aromatic rings. The number of anilines is 1. The number of halogens is 1. The third kappa shape index (κ3) is 2.20. The van der Waals surface area contributed by atoms with Gasteiger partial charge in [0.1, 0.15) is 6.67 Å². The molecule has 4 aliphatic rings. The van der Waals surface area contributed by atoms with E-state index in [2.05, 4.69) is 39.3 Å². The Hall–Kier alpha value is -2.78. The Morgan fingerprint density at radius 2 is 2.14 bits per heavy atom. The molecule has 10 heteroatoms. The van der Waals surface area contributed by atoms with Gasteiger partial charge in [-0.1, -0.05) is 12.1 Å². The van der Waals surface area contributed by atoms with Crippen molar-refractivity contribution in [2.24, 2.45) is 4.99 Å². The fourth-order valence-electron chi connectivity index (χ4n) is 4.33. The van der Waals surface area contributed by atoms with Gasteiger partial charge in [0.15, 0.2) is 18.3 Å². The van der Waals surface area contributed by atoms with E-state index in [0.29, 0.717) is 13.3 Å². The van der Waals surface area contributed by atoms with Crippen LogP contribution in [0.4, 0.5) is 5.69 Å². The average Bonchev–Trinajstić information content (AvgIpc) is 3.46. The summed E-state index contributed by atoms with van der Waals surface area (Å²) in [5.74, 6) is 2.11. The molecule has 0 aliphatic carbocycles. The number of fused-ring (bicyclic) bond motifs is 6. The summed E-state index contributed by atoms with van der Waals surface area (Å²) in [5.41, 5.74) is 3.13. The molecule has 2 unspecified atom stereocenters. The van der Waals surface area contributed by atoms with Crippen LogP contribution in [-0.2, 0) is 4.74 Å². The number of amidine groups is 1. The van der Waals surface area contributed by atoms with E-state index in [1.54, 1.807) is 9.21 Å². The van der Waals surface area contributed by atoms with Crippen molar-refractivity contribution >= 4 is 23.3 Å². The first-order chi connectivity index (χ1) is 13.7. The van der Waals surface area contributed by atoms with E-state index in [0.717, 1.165) is 41.6 Å².